The number of hydrogen-bond acceptors (Lipinski definition) is 4. The Balaban J connectivity index is 1.46. The van der Waals surface area contributed by atoms with E-state index in [9.17, 15) is 9.90 Å². The van der Waals surface area contributed by atoms with Crippen molar-refractivity contribution in [1.82, 2.24) is 4.90 Å². The summed E-state index contributed by atoms with van der Waals surface area (Å²) in [6.07, 6.45) is 2.37. The van der Waals surface area contributed by atoms with Gasteiger partial charge >= 0.3 is 0 Å². The Bertz CT molecular complexity index is 861. The van der Waals surface area contributed by atoms with Crippen molar-refractivity contribution in [2.24, 2.45) is 0 Å². The highest BCUT2D eigenvalue weighted by molar-refractivity contribution is 6.30. The van der Waals surface area contributed by atoms with E-state index in [0.29, 0.717) is 43.8 Å². The van der Waals surface area contributed by atoms with E-state index in [1.54, 1.807) is 6.07 Å². The molecule has 0 spiro atoms. The van der Waals surface area contributed by atoms with Gasteiger partial charge in [-0.1, -0.05) is 23.7 Å². The Kier molecular flexibility index (Phi) is 7.84. The summed E-state index contributed by atoms with van der Waals surface area (Å²) in [6, 6.07) is 15.5. The molecule has 1 saturated heterocycles. The van der Waals surface area contributed by atoms with Crippen LogP contribution in [0.1, 0.15) is 38.7 Å². The summed E-state index contributed by atoms with van der Waals surface area (Å²) in [4.78, 5) is 16.6. The number of ether oxygens (including phenoxy) is 1. The lowest BCUT2D eigenvalue weighted by atomic mass is 9.87. The molecule has 2 aromatic rings. The maximum absolute atomic E-state index is 12.6. The SMILES string of the molecule is CC(C)Oc1ccc(N(C)CCC2(O)CCN(C(=O)Cc3cccc(Cl)c3)CC2)cc1. The number of aliphatic hydroxyl groups is 1. The minimum atomic E-state index is -0.734. The lowest BCUT2D eigenvalue weighted by molar-refractivity contribution is -0.134. The van der Waals surface area contributed by atoms with Crippen LogP contribution in [0.15, 0.2) is 48.5 Å². The minimum absolute atomic E-state index is 0.0881. The fourth-order valence-corrected chi connectivity index (χ4v) is 4.12. The van der Waals surface area contributed by atoms with E-state index in [0.717, 1.165) is 23.5 Å². The number of amides is 1. The van der Waals surface area contributed by atoms with Crippen molar-refractivity contribution in [3.63, 3.8) is 0 Å². The fourth-order valence-electron chi connectivity index (χ4n) is 3.91. The van der Waals surface area contributed by atoms with Crippen molar-refractivity contribution >= 4 is 23.2 Å². The molecule has 0 bridgehead atoms. The van der Waals surface area contributed by atoms with Crippen molar-refractivity contribution in [3.8, 4) is 5.75 Å². The number of anilines is 1. The van der Waals surface area contributed by atoms with Crippen LogP contribution in [0.25, 0.3) is 0 Å². The van der Waals surface area contributed by atoms with E-state index in [-0.39, 0.29) is 12.0 Å². The second kappa shape index (κ2) is 10.4. The maximum atomic E-state index is 12.6. The average molecular weight is 445 g/mol. The van der Waals surface area contributed by atoms with Crippen LogP contribution in [0.2, 0.25) is 5.02 Å². The van der Waals surface area contributed by atoms with Crippen molar-refractivity contribution in [3.05, 3.63) is 59.1 Å². The van der Waals surface area contributed by atoms with Crippen LogP contribution in [0, 0.1) is 0 Å². The summed E-state index contributed by atoms with van der Waals surface area (Å²) in [7, 11) is 2.03. The van der Waals surface area contributed by atoms with Gasteiger partial charge in [0.2, 0.25) is 5.91 Å². The third-order valence-electron chi connectivity index (χ3n) is 5.85. The van der Waals surface area contributed by atoms with E-state index in [1.807, 2.05) is 68.3 Å². The molecule has 3 rings (SSSR count). The standard InChI is InChI=1S/C25H33ClN2O3/c1-19(2)31-23-9-7-22(8-10-23)27(3)14-11-25(30)12-15-28(16-13-25)24(29)18-20-5-4-6-21(26)17-20/h4-10,17,19,30H,11-16,18H2,1-3H3. The molecule has 1 aliphatic rings. The highest BCUT2D eigenvalue weighted by atomic mass is 35.5. The number of hydrogen-bond donors (Lipinski definition) is 1. The molecule has 0 aliphatic carbocycles. The predicted octanol–water partition coefficient (Wildman–Crippen LogP) is 4.55. The Morgan fingerprint density at radius 1 is 1.19 bits per heavy atom. The van der Waals surface area contributed by atoms with Gasteiger partial charge in [-0.2, -0.15) is 0 Å². The Labute approximate surface area is 190 Å². The van der Waals surface area contributed by atoms with Crippen LogP contribution in [0.5, 0.6) is 5.75 Å². The Morgan fingerprint density at radius 3 is 2.48 bits per heavy atom. The number of halogens is 1. The first-order chi connectivity index (χ1) is 14.7. The lowest BCUT2D eigenvalue weighted by Crippen LogP contribution is -2.48. The van der Waals surface area contributed by atoms with Crippen LogP contribution in [0.4, 0.5) is 5.69 Å². The van der Waals surface area contributed by atoms with Crippen LogP contribution < -0.4 is 9.64 Å². The predicted molar refractivity (Wildman–Crippen MR) is 126 cm³/mol. The summed E-state index contributed by atoms with van der Waals surface area (Å²) in [5.74, 6) is 0.950. The minimum Gasteiger partial charge on any atom is -0.491 e. The second-order valence-corrected chi connectivity index (χ2v) is 9.18. The monoisotopic (exact) mass is 444 g/mol. The molecule has 1 aliphatic heterocycles. The summed E-state index contributed by atoms with van der Waals surface area (Å²) in [6.45, 7) is 5.94. The normalized spacial score (nSPS) is 15.7. The molecule has 1 N–H and O–H groups in total. The number of carbonyl (C=O) groups excluding carboxylic acids is 1. The van der Waals surface area contributed by atoms with Gasteiger partial charge in [-0.25, -0.2) is 0 Å². The molecule has 0 unspecified atom stereocenters. The van der Waals surface area contributed by atoms with E-state index in [2.05, 4.69) is 4.90 Å². The maximum Gasteiger partial charge on any atom is 0.226 e. The third kappa shape index (κ3) is 6.88. The second-order valence-electron chi connectivity index (χ2n) is 8.74. The summed E-state index contributed by atoms with van der Waals surface area (Å²) in [5, 5.41) is 11.7. The van der Waals surface area contributed by atoms with Gasteiger partial charge in [-0.15, -0.1) is 0 Å². The molecule has 0 atom stereocenters. The van der Waals surface area contributed by atoms with Crippen LogP contribution in [-0.4, -0.2) is 54.3 Å². The molecule has 1 fully saturated rings. The first kappa shape index (κ1) is 23.4. The largest absolute Gasteiger partial charge is 0.491 e. The van der Waals surface area contributed by atoms with Crippen LogP contribution in [0.3, 0.4) is 0 Å². The van der Waals surface area contributed by atoms with Gasteiger partial charge in [0.05, 0.1) is 18.1 Å². The highest BCUT2D eigenvalue weighted by Crippen LogP contribution is 2.28. The molecule has 1 amide bonds. The zero-order valence-corrected chi connectivity index (χ0v) is 19.4. The zero-order chi connectivity index (χ0) is 22.4. The van der Waals surface area contributed by atoms with Crippen molar-refractivity contribution in [2.75, 3.05) is 31.6 Å². The number of piperidine rings is 1. The molecule has 2 aromatic carbocycles. The van der Waals surface area contributed by atoms with E-state index < -0.39 is 5.60 Å². The summed E-state index contributed by atoms with van der Waals surface area (Å²) < 4.78 is 5.70. The van der Waals surface area contributed by atoms with E-state index in [4.69, 9.17) is 16.3 Å². The molecule has 0 saturated carbocycles. The Morgan fingerprint density at radius 2 is 1.87 bits per heavy atom. The summed E-state index contributed by atoms with van der Waals surface area (Å²) in [5.41, 5.74) is 1.28. The third-order valence-corrected chi connectivity index (χ3v) is 6.09. The number of rotatable bonds is 8. The number of likely N-dealkylation sites (tertiary alicyclic amines) is 1. The average Bonchev–Trinajstić information content (AvgIpc) is 2.73. The summed E-state index contributed by atoms with van der Waals surface area (Å²) >= 11 is 6.02. The first-order valence-corrected chi connectivity index (χ1v) is 11.3. The highest BCUT2D eigenvalue weighted by Gasteiger charge is 2.33. The molecular weight excluding hydrogens is 412 g/mol. The lowest BCUT2D eigenvalue weighted by Gasteiger charge is -2.39. The number of benzene rings is 2. The number of nitrogens with zero attached hydrogens (tertiary/aromatic N) is 2. The smallest absolute Gasteiger partial charge is 0.226 e. The quantitative estimate of drug-likeness (QED) is 0.649. The van der Waals surface area contributed by atoms with Crippen molar-refractivity contribution in [1.29, 1.82) is 0 Å². The van der Waals surface area contributed by atoms with Gasteiger partial charge in [0.25, 0.3) is 0 Å². The van der Waals surface area contributed by atoms with Gasteiger partial charge in [0.15, 0.2) is 0 Å². The van der Waals surface area contributed by atoms with Crippen LogP contribution >= 0.6 is 11.6 Å². The Hall–Kier alpha value is -2.24. The molecule has 31 heavy (non-hydrogen) atoms. The van der Waals surface area contributed by atoms with Gasteiger partial charge in [-0.3, -0.25) is 4.79 Å². The van der Waals surface area contributed by atoms with Crippen molar-refractivity contribution in [2.45, 2.75) is 51.2 Å². The van der Waals surface area contributed by atoms with Gasteiger partial charge in [-0.05, 0) is 75.1 Å². The van der Waals surface area contributed by atoms with Gasteiger partial charge in [0, 0.05) is 37.4 Å². The molecule has 168 valence electrons. The topological polar surface area (TPSA) is 53.0 Å². The fraction of sp³-hybridized carbons (Fsp3) is 0.480. The molecule has 5 nitrogen and oxygen atoms in total. The number of carbonyl (C=O) groups is 1. The van der Waals surface area contributed by atoms with Crippen LogP contribution in [-0.2, 0) is 11.2 Å². The molecule has 6 heteroatoms. The molecule has 0 aromatic heterocycles. The molecular formula is C25H33ClN2O3. The van der Waals surface area contributed by atoms with Crippen molar-refractivity contribution < 1.29 is 14.6 Å². The first-order valence-electron chi connectivity index (χ1n) is 11.0. The van der Waals surface area contributed by atoms with E-state index >= 15 is 0 Å². The van der Waals surface area contributed by atoms with Gasteiger partial charge in [0.1, 0.15) is 5.75 Å². The van der Waals surface area contributed by atoms with Gasteiger partial charge < -0.3 is 19.6 Å². The zero-order valence-electron chi connectivity index (χ0n) is 18.7. The molecule has 0 radical (unpaired) electrons. The molecule has 1 heterocycles. The van der Waals surface area contributed by atoms with E-state index in [1.165, 1.54) is 0 Å².